The molecule has 1 heterocycles. The third-order valence-electron chi connectivity index (χ3n) is 3.07. The van der Waals surface area contributed by atoms with Crippen LogP contribution in [0.5, 0.6) is 0 Å². The van der Waals surface area contributed by atoms with Gasteiger partial charge in [-0.3, -0.25) is 0 Å². The molecule has 2 nitrogen and oxygen atoms in total. The molecule has 0 radical (unpaired) electrons. The zero-order valence-electron chi connectivity index (χ0n) is 11.6. The maximum atomic E-state index is 13.2. The Morgan fingerprint density at radius 2 is 1.78 bits per heavy atom. The molecular weight excluding hydrogens is 328 g/mol. The number of alkyl halides is 3. The van der Waals surface area contributed by atoms with Crippen molar-refractivity contribution < 1.29 is 17.6 Å². The quantitative estimate of drug-likeness (QED) is 0.619. The first-order valence-electron chi connectivity index (χ1n) is 6.57. The van der Waals surface area contributed by atoms with E-state index in [9.17, 15) is 17.6 Å². The molecule has 1 aromatic heterocycles. The highest BCUT2D eigenvalue weighted by molar-refractivity contribution is 7.14. The Morgan fingerprint density at radius 1 is 1.00 bits per heavy atom. The number of nitrogens with zero attached hydrogens (tertiary/aromatic N) is 1. The van der Waals surface area contributed by atoms with E-state index in [2.05, 4.69) is 10.3 Å². The highest BCUT2D eigenvalue weighted by Crippen LogP contribution is 2.32. The fourth-order valence-corrected chi connectivity index (χ4v) is 2.75. The lowest BCUT2D eigenvalue weighted by molar-refractivity contribution is -0.137. The SMILES string of the molecule is Fc1cccc(-c2csc(Nc3cccc(C(F)(F)F)c3)n2)c1. The van der Waals surface area contributed by atoms with Gasteiger partial charge in [0.2, 0.25) is 0 Å². The van der Waals surface area contributed by atoms with E-state index in [1.54, 1.807) is 17.5 Å². The van der Waals surface area contributed by atoms with E-state index < -0.39 is 11.7 Å². The van der Waals surface area contributed by atoms with Crippen molar-refractivity contribution in [3.8, 4) is 11.3 Å². The molecular formula is C16H10F4N2S. The molecule has 118 valence electrons. The Kier molecular flexibility index (Phi) is 4.04. The molecule has 0 aliphatic heterocycles. The molecule has 2 aromatic carbocycles. The van der Waals surface area contributed by atoms with Crippen LogP contribution >= 0.6 is 11.3 Å². The van der Waals surface area contributed by atoms with Crippen LogP contribution in [0, 0.1) is 5.82 Å². The van der Waals surface area contributed by atoms with Gasteiger partial charge in [0.15, 0.2) is 5.13 Å². The Morgan fingerprint density at radius 3 is 2.52 bits per heavy atom. The summed E-state index contributed by atoms with van der Waals surface area (Å²) in [5.74, 6) is -0.372. The number of thiazole rings is 1. The fourth-order valence-electron chi connectivity index (χ4n) is 2.01. The van der Waals surface area contributed by atoms with Crippen molar-refractivity contribution in [2.24, 2.45) is 0 Å². The Labute approximate surface area is 133 Å². The summed E-state index contributed by atoms with van der Waals surface area (Å²) < 4.78 is 51.3. The second kappa shape index (κ2) is 6.00. The molecule has 0 saturated carbocycles. The average Bonchev–Trinajstić information content (AvgIpc) is 2.95. The van der Waals surface area contributed by atoms with E-state index in [0.29, 0.717) is 22.1 Å². The number of nitrogens with one attached hydrogen (secondary N) is 1. The summed E-state index contributed by atoms with van der Waals surface area (Å²) in [6.45, 7) is 0. The Hall–Kier alpha value is -2.41. The topological polar surface area (TPSA) is 24.9 Å². The van der Waals surface area contributed by atoms with Crippen LogP contribution in [0.15, 0.2) is 53.9 Å². The highest BCUT2D eigenvalue weighted by atomic mass is 32.1. The van der Waals surface area contributed by atoms with Crippen molar-refractivity contribution in [2.75, 3.05) is 5.32 Å². The summed E-state index contributed by atoms with van der Waals surface area (Å²) in [6, 6.07) is 10.8. The van der Waals surface area contributed by atoms with Gasteiger partial charge >= 0.3 is 6.18 Å². The summed E-state index contributed by atoms with van der Waals surface area (Å²) in [7, 11) is 0. The molecule has 0 aliphatic carbocycles. The Bertz CT molecular complexity index is 827. The standard InChI is InChI=1S/C16H10F4N2S/c17-12-5-1-3-10(7-12)14-9-23-15(22-14)21-13-6-2-4-11(8-13)16(18,19)20/h1-9H,(H,21,22). The number of anilines is 2. The predicted octanol–water partition coefficient (Wildman–Crippen LogP) is 5.71. The molecule has 0 bridgehead atoms. The third-order valence-corrected chi connectivity index (χ3v) is 3.82. The number of benzene rings is 2. The van der Waals surface area contributed by atoms with Gasteiger partial charge in [-0.25, -0.2) is 9.37 Å². The zero-order valence-corrected chi connectivity index (χ0v) is 12.4. The van der Waals surface area contributed by atoms with E-state index in [-0.39, 0.29) is 5.82 Å². The number of rotatable bonds is 3. The van der Waals surface area contributed by atoms with E-state index >= 15 is 0 Å². The Balaban J connectivity index is 1.82. The maximum absolute atomic E-state index is 13.2. The van der Waals surface area contributed by atoms with Gasteiger partial charge in [-0.05, 0) is 30.3 Å². The molecule has 0 saturated heterocycles. The van der Waals surface area contributed by atoms with Gasteiger partial charge in [0.05, 0.1) is 11.3 Å². The lowest BCUT2D eigenvalue weighted by atomic mass is 10.2. The van der Waals surface area contributed by atoms with Gasteiger partial charge in [0.1, 0.15) is 5.82 Å². The van der Waals surface area contributed by atoms with Crippen LogP contribution in [0.1, 0.15) is 5.56 Å². The van der Waals surface area contributed by atoms with Crippen molar-refractivity contribution in [1.29, 1.82) is 0 Å². The zero-order chi connectivity index (χ0) is 16.4. The van der Waals surface area contributed by atoms with Crippen LogP contribution in [0.2, 0.25) is 0 Å². The van der Waals surface area contributed by atoms with E-state index in [1.165, 1.54) is 35.6 Å². The average molecular weight is 338 g/mol. The molecule has 0 fully saturated rings. The predicted molar refractivity (Wildman–Crippen MR) is 82.2 cm³/mol. The molecule has 0 unspecified atom stereocenters. The van der Waals surface area contributed by atoms with Crippen molar-refractivity contribution in [3.05, 3.63) is 65.3 Å². The number of hydrogen-bond acceptors (Lipinski definition) is 3. The molecule has 7 heteroatoms. The van der Waals surface area contributed by atoms with Crippen LogP contribution in [-0.2, 0) is 6.18 Å². The van der Waals surface area contributed by atoms with Crippen molar-refractivity contribution >= 4 is 22.2 Å². The van der Waals surface area contributed by atoms with Gasteiger partial charge in [0, 0.05) is 16.6 Å². The summed E-state index contributed by atoms with van der Waals surface area (Å²) in [6.07, 6.45) is -4.40. The van der Waals surface area contributed by atoms with Gasteiger partial charge in [-0.1, -0.05) is 18.2 Å². The lowest BCUT2D eigenvalue weighted by Gasteiger charge is -2.08. The first-order chi connectivity index (χ1) is 10.9. The summed E-state index contributed by atoms with van der Waals surface area (Å²) >= 11 is 1.23. The van der Waals surface area contributed by atoms with Crippen molar-refractivity contribution in [2.45, 2.75) is 6.18 Å². The van der Waals surface area contributed by atoms with Crippen LogP contribution in [0.3, 0.4) is 0 Å². The molecule has 3 aromatic rings. The molecule has 23 heavy (non-hydrogen) atoms. The molecule has 1 N–H and O–H groups in total. The van der Waals surface area contributed by atoms with Crippen LogP contribution < -0.4 is 5.32 Å². The van der Waals surface area contributed by atoms with Crippen molar-refractivity contribution in [1.82, 2.24) is 4.98 Å². The molecule has 0 aliphatic rings. The van der Waals surface area contributed by atoms with Gasteiger partial charge in [-0.2, -0.15) is 13.2 Å². The number of halogens is 4. The van der Waals surface area contributed by atoms with Crippen molar-refractivity contribution in [3.63, 3.8) is 0 Å². The minimum Gasteiger partial charge on any atom is -0.332 e. The summed E-state index contributed by atoms with van der Waals surface area (Å²) in [5.41, 5.74) is 0.728. The maximum Gasteiger partial charge on any atom is 0.416 e. The van der Waals surface area contributed by atoms with Crippen LogP contribution in [0.25, 0.3) is 11.3 Å². The monoisotopic (exact) mass is 338 g/mol. The minimum absolute atomic E-state index is 0.292. The first kappa shape index (κ1) is 15.5. The molecule has 3 rings (SSSR count). The smallest absolute Gasteiger partial charge is 0.332 e. The first-order valence-corrected chi connectivity index (χ1v) is 7.45. The number of hydrogen-bond donors (Lipinski definition) is 1. The minimum atomic E-state index is -4.40. The van der Waals surface area contributed by atoms with E-state index in [1.807, 2.05) is 0 Å². The fraction of sp³-hybridized carbons (Fsp3) is 0.0625. The number of aromatic nitrogens is 1. The van der Waals surface area contributed by atoms with Crippen LogP contribution in [-0.4, -0.2) is 4.98 Å². The highest BCUT2D eigenvalue weighted by Gasteiger charge is 2.30. The van der Waals surface area contributed by atoms with E-state index in [4.69, 9.17) is 0 Å². The van der Waals surface area contributed by atoms with Crippen LogP contribution in [0.4, 0.5) is 28.4 Å². The van der Waals surface area contributed by atoms with Gasteiger partial charge < -0.3 is 5.32 Å². The molecule has 0 spiro atoms. The van der Waals surface area contributed by atoms with Gasteiger partial charge in [-0.15, -0.1) is 11.3 Å². The lowest BCUT2D eigenvalue weighted by Crippen LogP contribution is -2.05. The largest absolute Gasteiger partial charge is 0.416 e. The molecule has 0 atom stereocenters. The second-order valence-corrected chi connectivity index (χ2v) is 5.61. The summed E-state index contributed by atoms with van der Waals surface area (Å²) in [4.78, 5) is 4.27. The summed E-state index contributed by atoms with van der Waals surface area (Å²) in [5, 5.41) is 4.98. The second-order valence-electron chi connectivity index (χ2n) is 4.75. The normalized spacial score (nSPS) is 11.5. The molecule has 0 amide bonds. The van der Waals surface area contributed by atoms with E-state index in [0.717, 1.165) is 12.1 Å². The third kappa shape index (κ3) is 3.68. The van der Waals surface area contributed by atoms with Gasteiger partial charge in [0.25, 0.3) is 0 Å².